The fourth-order valence-electron chi connectivity index (χ4n) is 2.85. The van der Waals surface area contributed by atoms with Crippen molar-refractivity contribution in [1.29, 1.82) is 0 Å². The van der Waals surface area contributed by atoms with E-state index in [1.54, 1.807) is 12.1 Å². The maximum atomic E-state index is 13.0. The van der Waals surface area contributed by atoms with Crippen molar-refractivity contribution in [3.05, 3.63) is 41.9 Å². The number of rotatable bonds is 8. The summed E-state index contributed by atoms with van der Waals surface area (Å²) in [5.41, 5.74) is 0.829. The molecule has 3 heterocycles. The Morgan fingerprint density at radius 1 is 1.29 bits per heavy atom. The second-order valence-corrected chi connectivity index (χ2v) is 8.06. The summed E-state index contributed by atoms with van der Waals surface area (Å²) < 4.78 is 50.8. The zero-order valence-corrected chi connectivity index (χ0v) is 17.5. The first-order chi connectivity index (χ1) is 14.9. The van der Waals surface area contributed by atoms with Crippen molar-refractivity contribution < 1.29 is 22.3 Å². The van der Waals surface area contributed by atoms with E-state index in [1.165, 1.54) is 36.7 Å². The molecule has 31 heavy (non-hydrogen) atoms. The Hall–Kier alpha value is -3.45. The number of aromatic nitrogens is 6. The largest absolute Gasteiger partial charge is 0.484 e. The molecule has 0 spiro atoms. The Kier molecular flexibility index (Phi) is 5.61. The van der Waals surface area contributed by atoms with Gasteiger partial charge in [0, 0.05) is 11.6 Å². The summed E-state index contributed by atoms with van der Waals surface area (Å²) in [5.74, 6) is -0.207. The monoisotopic (exact) mass is 467 g/mol. The highest BCUT2D eigenvalue weighted by Gasteiger charge is 2.24. The van der Waals surface area contributed by atoms with E-state index >= 15 is 0 Å². The number of hydrogen-bond acceptors (Lipinski definition) is 8. The van der Waals surface area contributed by atoms with Crippen LogP contribution in [0.1, 0.15) is 0 Å². The maximum absolute atomic E-state index is 13.0. The second kappa shape index (κ2) is 8.35. The zero-order valence-electron chi connectivity index (χ0n) is 15.9. The summed E-state index contributed by atoms with van der Waals surface area (Å²) in [5, 5.41) is 8.80. The lowest BCUT2D eigenvalue weighted by Crippen LogP contribution is -2.15. The van der Waals surface area contributed by atoms with Crippen LogP contribution in [0.15, 0.2) is 41.8 Å². The minimum atomic E-state index is -4.11. The van der Waals surface area contributed by atoms with Gasteiger partial charge in [-0.15, -0.1) is 4.80 Å². The number of anilines is 1. The summed E-state index contributed by atoms with van der Waals surface area (Å²) in [6, 6.07) is 3.11. The summed E-state index contributed by atoms with van der Waals surface area (Å²) in [6.07, 6.45) is 5.45. The van der Waals surface area contributed by atoms with Gasteiger partial charge in [-0.1, -0.05) is 11.6 Å². The lowest BCUT2D eigenvalue weighted by Gasteiger charge is -2.11. The van der Waals surface area contributed by atoms with Crippen LogP contribution in [0.25, 0.3) is 16.6 Å². The molecule has 0 bridgehead atoms. The van der Waals surface area contributed by atoms with Crippen LogP contribution in [0.5, 0.6) is 11.6 Å². The molecule has 0 radical (unpaired) electrons. The molecule has 14 heteroatoms. The third kappa shape index (κ3) is 3.96. The first kappa shape index (κ1) is 20.8. The lowest BCUT2D eigenvalue weighted by atomic mass is 10.2. The molecular weight excluding hydrogens is 453 g/mol. The minimum absolute atomic E-state index is 0.0427. The van der Waals surface area contributed by atoms with Crippen LogP contribution in [0, 0.1) is 0 Å². The number of methoxy groups -OCH3 is 1. The molecule has 4 rings (SSSR count). The summed E-state index contributed by atoms with van der Waals surface area (Å²) in [6.45, 7) is -0.922. The Labute approximate surface area is 180 Å². The average molecular weight is 468 g/mol. The number of H-pyrrole nitrogens is 1. The molecule has 0 fully saturated rings. The molecule has 11 nitrogen and oxygen atoms in total. The summed E-state index contributed by atoms with van der Waals surface area (Å²) in [7, 11) is -2.79. The molecule has 162 valence electrons. The number of alkyl halides is 1. The minimum Gasteiger partial charge on any atom is -0.484 e. The fourth-order valence-corrected chi connectivity index (χ4v) is 4.21. The summed E-state index contributed by atoms with van der Waals surface area (Å²) in [4.78, 5) is 12.0. The van der Waals surface area contributed by atoms with Gasteiger partial charge in [0.25, 0.3) is 15.9 Å². The molecule has 0 aliphatic heterocycles. The molecule has 1 aromatic carbocycles. The van der Waals surface area contributed by atoms with Gasteiger partial charge in [-0.2, -0.15) is 15.2 Å². The first-order valence-corrected chi connectivity index (χ1v) is 10.6. The zero-order chi connectivity index (χ0) is 22.0. The molecule has 0 aliphatic rings. The van der Waals surface area contributed by atoms with Gasteiger partial charge < -0.3 is 14.5 Å². The van der Waals surface area contributed by atoms with Gasteiger partial charge in [0.2, 0.25) is 5.95 Å². The van der Waals surface area contributed by atoms with Crippen LogP contribution >= 0.6 is 11.6 Å². The van der Waals surface area contributed by atoms with Crippen LogP contribution in [-0.4, -0.2) is 58.8 Å². The molecule has 0 saturated carbocycles. The predicted molar refractivity (Wildman–Crippen MR) is 109 cm³/mol. The van der Waals surface area contributed by atoms with Gasteiger partial charge in [0.15, 0.2) is 5.75 Å². The highest BCUT2D eigenvalue weighted by atomic mass is 35.5. The van der Waals surface area contributed by atoms with Gasteiger partial charge >= 0.3 is 0 Å². The van der Waals surface area contributed by atoms with Gasteiger partial charge in [-0.05, 0) is 12.1 Å². The molecule has 2 N–H and O–H groups in total. The molecule has 0 unspecified atom stereocenters. The van der Waals surface area contributed by atoms with Crippen molar-refractivity contribution in [2.75, 3.05) is 25.1 Å². The number of nitrogens with zero attached hydrogens (tertiary/aromatic N) is 5. The van der Waals surface area contributed by atoms with Crippen molar-refractivity contribution in [3.8, 4) is 17.3 Å². The molecule has 0 saturated heterocycles. The third-order valence-electron chi connectivity index (χ3n) is 4.13. The van der Waals surface area contributed by atoms with Crippen molar-refractivity contribution in [2.24, 2.45) is 0 Å². The Morgan fingerprint density at radius 2 is 2.06 bits per heavy atom. The van der Waals surface area contributed by atoms with Crippen LogP contribution in [0.2, 0.25) is 5.02 Å². The van der Waals surface area contributed by atoms with E-state index < -0.39 is 16.7 Å². The van der Waals surface area contributed by atoms with Crippen molar-refractivity contribution in [3.63, 3.8) is 0 Å². The molecule has 0 atom stereocenters. The van der Waals surface area contributed by atoms with Gasteiger partial charge in [0.05, 0.1) is 36.2 Å². The first-order valence-electron chi connectivity index (χ1n) is 8.73. The quantitative estimate of drug-likeness (QED) is 0.403. The normalized spacial score (nSPS) is 11.6. The number of aromatic amines is 1. The number of halogens is 2. The van der Waals surface area contributed by atoms with E-state index in [0.29, 0.717) is 21.6 Å². The predicted octanol–water partition coefficient (Wildman–Crippen LogP) is 2.35. The average Bonchev–Trinajstić information content (AvgIpc) is 3.42. The van der Waals surface area contributed by atoms with E-state index in [-0.39, 0.29) is 29.1 Å². The van der Waals surface area contributed by atoms with E-state index in [2.05, 4.69) is 29.9 Å². The van der Waals surface area contributed by atoms with Crippen molar-refractivity contribution >= 4 is 38.5 Å². The highest BCUT2D eigenvalue weighted by Crippen LogP contribution is 2.33. The number of hydrogen-bond donors (Lipinski definition) is 2. The number of nitrogens with one attached hydrogen (secondary N) is 2. The van der Waals surface area contributed by atoms with Crippen molar-refractivity contribution in [2.45, 2.75) is 4.90 Å². The second-order valence-electron chi connectivity index (χ2n) is 6.00. The topological polar surface area (TPSA) is 137 Å². The van der Waals surface area contributed by atoms with Gasteiger partial charge in [0.1, 0.15) is 23.9 Å². The van der Waals surface area contributed by atoms with Crippen LogP contribution in [0.4, 0.5) is 10.3 Å². The Morgan fingerprint density at radius 3 is 2.77 bits per heavy atom. The number of ether oxygens (including phenoxy) is 2. The molecule has 3 aromatic heterocycles. The smallest absolute Gasteiger partial charge is 0.266 e. The number of benzene rings is 1. The van der Waals surface area contributed by atoms with Gasteiger partial charge in [-0.25, -0.2) is 22.5 Å². The Balaban J connectivity index is 1.71. The van der Waals surface area contributed by atoms with E-state index in [9.17, 15) is 12.8 Å². The van der Waals surface area contributed by atoms with Crippen LogP contribution in [0.3, 0.4) is 0 Å². The standard InChI is InChI=1S/C17H15ClFN7O4S/c1-29-16-12(30-7-4-19)8-21-17(24-16)25-31(27,28)13-9-20-14-10(13)2-3-11(18)15(14)26-22-5-6-23-26/h2-3,5-6,8-9,20H,4,7H2,1H3,(H,21,24,25). The van der Waals surface area contributed by atoms with Crippen molar-refractivity contribution in [1.82, 2.24) is 29.9 Å². The fraction of sp³-hybridized carbons (Fsp3) is 0.176. The number of fused-ring (bicyclic) bond motifs is 1. The highest BCUT2D eigenvalue weighted by molar-refractivity contribution is 7.93. The third-order valence-corrected chi connectivity index (χ3v) is 5.80. The van der Waals surface area contributed by atoms with Crippen LogP contribution in [-0.2, 0) is 10.0 Å². The van der Waals surface area contributed by atoms with Gasteiger partial charge in [-0.3, -0.25) is 0 Å². The molecule has 4 aromatic rings. The summed E-state index contributed by atoms with van der Waals surface area (Å²) >= 11 is 6.28. The van der Waals surface area contributed by atoms with E-state index in [4.69, 9.17) is 21.1 Å². The Bertz CT molecular complexity index is 1330. The SMILES string of the molecule is COc1nc(NS(=O)(=O)c2c[nH]c3c(-n4nccn4)c(Cl)ccc23)ncc1OCCF. The molecular formula is C17H15ClFN7O4S. The molecule has 0 amide bonds. The number of sulfonamides is 1. The van der Waals surface area contributed by atoms with E-state index in [1.807, 2.05) is 0 Å². The molecule has 0 aliphatic carbocycles. The lowest BCUT2D eigenvalue weighted by molar-refractivity contribution is 0.256. The van der Waals surface area contributed by atoms with E-state index in [0.717, 1.165) is 0 Å². The maximum Gasteiger partial charge on any atom is 0.266 e. The van der Waals surface area contributed by atoms with Crippen LogP contribution < -0.4 is 14.2 Å².